The Labute approximate surface area is 126 Å². The molecule has 1 aliphatic rings. The van der Waals surface area contributed by atoms with E-state index in [0.29, 0.717) is 0 Å². The number of rotatable bonds is 1. The molecule has 0 heteroatoms. The van der Waals surface area contributed by atoms with Crippen LogP contribution >= 0.6 is 0 Å². The van der Waals surface area contributed by atoms with Crippen LogP contribution in [0.15, 0.2) is 54.6 Å². The van der Waals surface area contributed by atoms with Crippen molar-refractivity contribution in [3.63, 3.8) is 0 Å². The van der Waals surface area contributed by atoms with Crippen LogP contribution in [0.5, 0.6) is 0 Å². The van der Waals surface area contributed by atoms with E-state index in [1.807, 2.05) is 0 Å². The summed E-state index contributed by atoms with van der Waals surface area (Å²) >= 11 is 0. The largest absolute Gasteiger partial charge is 0.0587 e. The lowest BCUT2D eigenvalue weighted by atomic mass is 9.88. The van der Waals surface area contributed by atoms with Crippen molar-refractivity contribution in [2.24, 2.45) is 0 Å². The fourth-order valence-corrected chi connectivity index (χ4v) is 3.41. The van der Waals surface area contributed by atoms with E-state index in [1.165, 1.54) is 53.1 Å². The highest BCUT2D eigenvalue weighted by molar-refractivity contribution is 5.88. The minimum absolute atomic E-state index is 1.25. The van der Waals surface area contributed by atoms with E-state index in [4.69, 9.17) is 0 Å². The van der Waals surface area contributed by atoms with E-state index in [2.05, 4.69) is 61.5 Å². The molecule has 1 aliphatic carbocycles. The molecule has 0 aromatic heterocycles. The normalized spacial score (nSPS) is 14.1. The van der Waals surface area contributed by atoms with Crippen molar-refractivity contribution in [2.45, 2.75) is 32.6 Å². The molecule has 0 radical (unpaired) electrons. The first-order valence-corrected chi connectivity index (χ1v) is 7.92. The molecule has 0 saturated heterocycles. The second kappa shape index (κ2) is 5.04. The quantitative estimate of drug-likeness (QED) is 0.533. The number of aryl methyl sites for hydroxylation is 3. The zero-order valence-electron chi connectivity index (χ0n) is 12.5. The summed E-state index contributed by atoms with van der Waals surface area (Å²) in [6, 6.07) is 20.5. The molecular formula is C21H20. The Hall–Kier alpha value is -2.08. The number of hydrogen-bond acceptors (Lipinski definition) is 0. The third kappa shape index (κ3) is 2.35. The molecule has 0 N–H and O–H groups in total. The van der Waals surface area contributed by atoms with Crippen molar-refractivity contribution >= 4 is 10.8 Å². The Kier molecular flexibility index (Phi) is 3.03. The van der Waals surface area contributed by atoms with Crippen LogP contribution in [-0.4, -0.2) is 0 Å². The summed E-state index contributed by atoms with van der Waals surface area (Å²) in [7, 11) is 0. The maximum Gasteiger partial charge on any atom is -0.0175 e. The second-order valence-corrected chi connectivity index (χ2v) is 6.26. The minimum atomic E-state index is 1.25. The fraction of sp³-hybridized carbons (Fsp3) is 0.238. The Morgan fingerprint density at radius 1 is 0.619 bits per heavy atom. The van der Waals surface area contributed by atoms with Gasteiger partial charge >= 0.3 is 0 Å². The van der Waals surface area contributed by atoms with Gasteiger partial charge in [-0.2, -0.15) is 0 Å². The van der Waals surface area contributed by atoms with Crippen molar-refractivity contribution in [2.75, 3.05) is 0 Å². The summed E-state index contributed by atoms with van der Waals surface area (Å²) in [6.45, 7) is 2.14. The highest BCUT2D eigenvalue weighted by Gasteiger charge is 2.10. The molecule has 0 unspecified atom stereocenters. The van der Waals surface area contributed by atoms with Gasteiger partial charge in [0.15, 0.2) is 0 Å². The molecule has 0 nitrogen and oxygen atoms in total. The molecule has 0 heterocycles. The molecule has 4 rings (SSSR count). The summed E-state index contributed by atoms with van der Waals surface area (Å²) in [5, 5.41) is 2.76. The van der Waals surface area contributed by atoms with Crippen LogP contribution in [0, 0.1) is 6.92 Å². The first-order chi connectivity index (χ1) is 10.3. The highest BCUT2D eigenvalue weighted by Crippen LogP contribution is 2.30. The first kappa shape index (κ1) is 12.6. The smallest absolute Gasteiger partial charge is 0.0175 e. The molecule has 0 spiro atoms. The van der Waals surface area contributed by atoms with Gasteiger partial charge in [0.2, 0.25) is 0 Å². The number of fused-ring (bicyclic) bond motifs is 2. The zero-order valence-corrected chi connectivity index (χ0v) is 12.5. The monoisotopic (exact) mass is 272 g/mol. The molecule has 0 atom stereocenters. The molecule has 3 aromatic rings. The van der Waals surface area contributed by atoms with Crippen molar-refractivity contribution in [3.05, 3.63) is 71.3 Å². The van der Waals surface area contributed by atoms with Gasteiger partial charge in [0, 0.05) is 0 Å². The average Bonchev–Trinajstić information content (AvgIpc) is 2.53. The van der Waals surface area contributed by atoms with Crippen LogP contribution in [0.1, 0.15) is 29.5 Å². The van der Waals surface area contributed by atoms with Gasteiger partial charge in [-0.1, -0.05) is 54.1 Å². The SMILES string of the molecule is Cc1ccc(-c2ccc3cc4c(cc3c2)CCCC4)cc1. The molecular weight excluding hydrogens is 252 g/mol. The zero-order chi connectivity index (χ0) is 14.2. The van der Waals surface area contributed by atoms with Gasteiger partial charge < -0.3 is 0 Å². The minimum Gasteiger partial charge on any atom is -0.0587 e. The van der Waals surface area contributed by atoms with Gasteiger partial charge in [-0.15, -0.1) is 0 Å². The molecule has 0 bridgehead atoms. The Bertz CT molecular complexity index is 794. The van der Waals surface area contributed by atoms with Gasteiger partial charge in [-0.05, 0) is 71.7 Å². The maximum absolute atomic E-state index is 2.42. The molecule has 0 saturated carbocycles. The molecule has 21 heavy (non-hydrogen) atoms. The van der Waals surface area contributed by atoms with Crippen LogP contribution < -0.4 is 0 Å². The lowest BCUT2D eigenvalue weighted by Gasteiger charge is -2.17. The van der Waals surface area contributed by atoms with E-state index >= 15 is 0 Å². The van der Waals surface area contributed by atoms with E-state index in [1.54, 1.807) is 11.1 Å². The maximum atomic E-state index is 2.42. The molecule has 0 fully saturated rings. The standard InChI is InChI=1S/C21H20/c1-15-6-8-16(9-7-15)19-10-11-20-12-17-4-2-3-5-18(17)13-21(20)14-19/h6-14H,2-5H2,1H3. The van der Waals surface area contributed by atoms with Crippen LogP contribution in [0.25, 0.3) is 21.9 Å². The molecule has 3 aromatic carbocycles. The summed E-state index contributed by atoms with van der Waals surface area (Å²) in [4.78, 5) is 0. The lowest BCUT2D eigenvalue weighted by molar-refractivity contribution is 0.687. The average molecular weight is 272 g/mol. The Balaban J connectivity index is 1.83. The Morgan fingerprint density at radius 2 is 1.24 bits per heavy atom. The lowest BCUT2D eigenvalue weighted by Crippen LogP contribution is -2.02. The van der Waals surface area contributed by atoms with Gasteiger partial charge in [0.25, 0.3) is 0 Å². The molecule has 104 valence electrons. The topological polar surface area (TPSA) is 0 Å². The third-order valence-corrected chi connectivity index (χ3v) is 4.69. The number of hydrogen-bond donors (Lipinski definition) is 0. The van der Waals surface area contributed by atoms with E-state index in [-0.39, 0.29) is 0 Å². The van der Waals surface area contributed by atoms with Crippen LogP contribution in [0.3, 0.4) is 0 Å². The van der Waals surface area contributed by atoms with Gasteiger partial charge in [-0.3, -0.25) is 0 Å². The highest BCUT2D eigenvalue weighted by atomic mass is 14.2. The summed E-state index contributed by atoms with van der Waals surface area (Å²) in [5.74, 6) is 0. The second-order valence-electron chi connectivity index (χ2n) is 6.26. The van der Waals surface area contributed by atoms with Crippen LogP contribution in [0.2, 0.25) is 0 Å². The third-order valence-electron chi connectivity index (χ3n) is 4.69. The number of benzene rings is 3. The molecule has 0 amide bonds. The fourth-order valence-electron chi connectivity index (χ4n) is 3.41. The Morgan fingerprint density at radius 3 is 1.95 bits per heavy atom. The van der Waals surface area contributed by atoms with Gasteiger partial charge in [-0.25, -0.2) is 0 Å². The van der Waals surface area contributed by atoms with Crippen molar-refractivity contribution < 1.29 is 0 Å². The van der Waals surface area contributed by atoms with Gasteiger partial charge in [0.05, 0.1) is 0 Å². The van der Waals surface area contributed by atoms with Gasteiger partial charge in [0.1, 0.15) is 0 Å². The van der Waals surface area contributed by atoms with Crippen LogP contribution in [-0.2, 0) is 12.8 Å². The van der Waals surface area contributed by atoms with E-state index in [0.717, 1.165) is 0 Å². The summed E-state index contributed by atoms with van der Waals surface area (Å²) in [6.07, 6.45) is 5.20. The predicted molar refractivity (Wildman–Crippen MR) is 90.8 cm³/mol. The first-order valence-electron chi connectivity index (χ1n) is 7.92. The van der Waals surface area contributed by atoms with E-state index < -0.39 is 0 Å². The van der Waals surface area contributed by atoms with E-state index in [9.17, 15) is 0 Å². The van der Waals surface area contributed by atoms with Crippen molar-refractivity contribution in [1.29, 1.82) is 0 Å². The van der Waals surface area contributed by atoms with Crippen molar-refractivity contribution in [1.82, 2.24) is 0 Å². The predicted octanol–water partition coefficient (Wildman–Crippen LogP) is 5.69. The molecule has 0 aliphatic heterocycles. The summed E-state index contributed by atoms with van der Waals surface area (Å²) in [5.41, 5.74) is 7.07. The summed E-state index contributed by atoms with van der Waals surface area (Å²) < 4.78 is 0. The van der Waals surface area contributed by atoms with Crippen LogP contribution in [0.4, 0.5) is 0 Å². The van der Waals surface area contributed by atoms with Crippen molar-refractivity contribution in [3.8, 4) is 11.1 Å².